The summed E-state index contributed by atoms with van der Waals surface area (Å²) >= 11 is 3.20. The fourth-order valence-electron chi connectivity index (χ4n) is 0.311. The second-order valence-corrected chi connectivity index (χ2v) is 1.67. The first kappa shape index (κ1) is 4.84. The highest BCUT2D eigenvalue weighted by Gasteiger charge is 1.87. The number of nitrogens with zero attached hydrogens (tertiary/aromatic N) is 1. The quantitative estimate of drug-likeness (QED) is 0.585. The second-order valence-electron chi connectivity index (χ2n) is 1.11. The summed E-state index contributed by atoms with van der Waals surface area (Å²) in [4.78, 5) is 0. The van der Waals surface area contributed by atoms with Gasteiger partial charge in [0.05, 0.1) is 11.5 Å². The van der Waals surface area contributed by atoms with E-state index in [2.05, 4.69) is 25.6 Å². The van der Waals surface area contributed by atoms with Crippen LogP contribution in [0.25, 0.3) is 0 Å². The third kappa shape index (κ3) is 1.03. The molecule has 1 aromatic rings. The lowest BCUT2D eigenvalue weighted by molar-refractivity contribution is 0.395. The van der Waals surface area contributed by atoms with Crippen LogP contribution in [0.1, 0.15) is 5.76 Å². The van der Waals surface area contributed by atoms with Gasteiger partial charge < -0.3 is 4.52 Å². The summed E-state index contributed by atoms with van der Waals surface area (Å²) in [5.41, 5.74) is 0. The summed E-state index contributed by atoms with van der Waals surface area (Å²) in [6.07, 6.45) is 1.62. The molecule has 0 spiro atoms. The van der Waals surface area contributed by atoms with E-state index in [-0.39, 0.29) is 0 Å². The minimum atomic E-state index is 0.743. The summed E-state index contributed by atoms with van der Waals surface area (Å²) in [6, 6.07) is 1.81. The molecule has 1 heterocycles. The van der Waals surface area contributed by atoms with Crippen LogP contribution in [0.15, 0.2) is 16.8 Å². The smallest absolute Gasteiger partial charge is 0.147 e. The lowest BCUT2D eigenvalue weighted by atomic mass is 10.5. The minimum Gasteiger partial charge on any atom is -0.361 e. The standard InChI is InChI=1S/C4H4BrNO/c5-3-4-1-2-6-7-4/h1-2H,3H2. The van der Waals surface area contributed by atoms with Gasteiger partial charge in [-0.2, -0.15) is 0 Å². The van der Waals surface area contributed by atoms with Gasteiger partial charge in [-0.15, -0.1) is 0 Å². The molecule has 0 saturated carbocycles. The number of aromatic nitrogens is 1. The fraction of sp³-hybridized carbons (Fsp3) is 0.250. The van der Waals surface area contributed by atoms with Crippen molar-refractivity contribution in [1.29, 1.82) is 0 Å². The molecule has 3 heteroatoms. The van der Waals surface area contributed by atoms with E-state index >= 15 is 0 Å². The largest absolute Gasteiger partial charge is 0.361 e. The summed E-state index contributed by atoms with van der Waals surface area (Å²) in [5, 5.41) is 4.23. The highest BCUT2D eigenvalue weighted by molar-refractivity contribution is 9.08. The maximum Gasteiger partial charge on any atom is 0.147 e. The fourth-order valence-corrected chi connectivity index (χ4v) is 0.600. The minimum absolute atomic E-state index is 0.743. The van der Waals surface area contributed by atoms with Crippen LogP contribution in [0.3, 0.4) is 0 Å². The molecule has 2 nitrogen and oxygen atoms in total. The maximum atomic E-state index is 4.69. The Morgan fingerprint density at radius 1 is 1.86 bits per heavy atom. The van der Waals surface area contributed by atoms with Crippen LogP contribution in [-0.2, 0) is 5.33 Å². The van der Waals surface area contributed by atoms with Gasteiger partial charge in [0, 0.05) is 6.07 Å². The van der Waals surface area contributed by atoms with Gasteiger partial charge in [0.25, 0.3) is 0 Å². The Balaban J connectivity index is 2.76. The zero-order chi connectivity index (χ0) is 5.11. The van der Waals surface area contributed by atoms with Crippen LogP contribution in [0.4, 0.5) is 0 Å². The van der Waals surface area contributed by atoms with Crippen LogP contribution in [-0.4, -0.2) is 5.16 Å². The highest BCUT2D eigenvalue weighted by atomic mass is 79.9. The lowest BCUT2D eigenvalue weighted by Crippen LogP contribution is -1.62. The molecular formula is C4H4BrNO. The Morgan fingerprint density at radius 2 is 2.71 bits per heavy atom. The van der Waals surface area contributed by atoms with Gasteiger partial charge in [0.2, 0.25) is 0 Å². The molecule has 0 radical (unpaired) electrons. The number of rotatable bonds is 1. The van der Waals surface area contributed by atoms with Crippen molar-refractivity contribution in [2.45, 2.75) is 5.33 Å². The summed E-state index contributed by atoms with van der Waals surface area (Å²) in [5.74, 6) is 0.861. The van der Waals surface area contributed by atoms with Gasteiger partial charge in [0.15, 0.2) is 0 Å². The summed E-state index contributed by atoms with van der Waals surface area (Å²) < 4.78 is 4.69. The SMILES string of the molecule is BrCc1ccno1. The molecule has 0 atom stereocenters. The van der Waals surface area contributed by atoms with Crippen LogP contribution >= 0.6 is 15.9 Å². The van der Waals surface area contributed by atoms with Crippen LogP contribution in [0, 0.1) is 0 Å². The molecular weight excluding hydrogens is 158 g/mol. The molecule has 0 N–H and O–H groups in total. The Kier molecular flexibility index (Phi) is 1.46. The molecule has 0 bridgehead atoms. The normalized spacial score (nSPS) is 9.29. The molecule has 0 saturated heterocycles. The number of hydrogen-bond acceptors (Lipinski definition) is 2. The Bertz CT molecular complexity index is 126. The van der Waals surface area contributed by atoms with Gasteiger partial charge in [-0.25, -0.2) is 0 Å². The summed E-state index contributed by atoms with van der Waals surface area (Å²) in [7, 11) is 0. The average Bonchev–Trinajstić information content (AvgIpc) is 2.14. The van der Waals surface area contributed by atoms with Gasteiger partial charge in [-0.05, 0) is 0 Å². The molecule has 1 rings (SSSR count). The molecule has 1 aromatic heterocycles. The van der Waals surface area contributed by atoms with E-state index in [0.29, 0.717) is 0 Å². The van der Waals surface area contributed by atoms with Crippen molar-refractivity contribution < 1.29 is 4.52 Å². The second kappa shape index (κ2) is 2.12. The third-order valence-corrected chi connectivity index (χ3v) is 1.18. The highest BCUT2D eigenvalue weighted by Crippen LogP contribution is 2.00. The first-order chi connectivity index (χ1) is 3.43. The van der Waals surface area contributed by atoms with Crippen molar-refractivity contribution in [1.82, 2.24) is 5.16 Å². The topological polar surface area (TPSA) is 26.0 Å². The van der Waals surface area contributed by atoms with Gasteiger partial charge in [-0.3, -0.25) is 0 Å². The van der Waals surface area contributed by atoms with Crippen molar-refractivity contribution in [3.63, 3.8) is 0 Å². The van der Waals surface area contributed by atoms with Crippen LogP contribution < -0.4 is 0 Å². The maximum absolute atomic E-state index is 4.69. The predicted octanol–water partition coefficient (Wildman–Crippen LogP) is 1.57. The van der Waals surface area contributed by atoms with Crippen molar-refractivity contribution in [3.05, 3.63) is 18.0 Å². The van der Waals surface area contributed by atoms with Gasteiger partial charge >= 0.3 is 0 Å². The van der Waals surface area contributed by atoms with E-state index in [9.17, 15) is 0 Å². The number of alkyl halides is 1. The Hall–Kier alpha value is -0.310. The molecule has 7 heavy (non-hydrogen) atoms. The van der Waals surface area contributed by atoms with E-state index in [1.165, 1.54) is 0 Å². The molecule has 0 unspecified atom stereocenters. The molecule has 38 valence electrons. The monoisotopic (exact) mass is 161 g/mol. The van der Waals surface area contributed by atoms with E-state index in [1.807, 2.05) is 6.07 Å². The number of halogens is 1. The van der Waals surface area contributed by atoms with E-state index in [0.717, 1.165) is 11.1 Å². The first-order valence-corrected chi connectivity index (χ1v) is 3.01. The van der Waals surface area contributed by atoms with E-state index in [4.69, 9.17) is 0 Å². The van der Waals surface area contributed by atoms with Crippen molar-refractivity contribution >= 4 is 15.9 Å². The molecule has 0 amide bonds. The predicted molar refractivity (Wildman–Crippen MR) is 29.1 cm³/mol. The van der Waals surface area contributed by atoms with E-state index < -0.39 is 0 Å². The first-order valence-electron chi connectivity index (χ1n) is 1.89. The average molecular weight is 162 g/mol. The lowest BCUT2D eigenvalue weighted by Gasteiger charge is -1.74. The molecule has 0 aromatic carbocycles. The van der Waals surface area contributed by atoms with Crippen LogP contribution in [0.5, 0.6) is 0 Å². The summed E-state index contributed by atoms with van der Waals surface area (Å²) in [6.45, 7) is 0. The molecule has 0 aliphatic carbocycles. The van der Waals surface area contributed by atoms with Crippen molar-refractivity contribution in [2.24, 2.45) is 0 Å². The third-order valence-electron chi connectivity index (χ3n) is 0.623. The van der Waals surface area contributed by atoms with Crippen molar-refractivity contribution in [2.75, 3.05) is 0 Å². The Labute approximate surface area is 49.6 Å². The Morgan fingerprint density at radius 3 is 3.00 bits per heavy atom. The van der Waals surface area contributed by atoms with Gasteiger partial charge in [0.1, 0.15) is 5.76 Å². The molecule has 0 aliphatic rings. The zero-order valence-corrected chi connectivity index (χ0v) is 5.18. The van der Waals surface area contributed by atoms with Crippen molar-refractivity contribution in [3.8, 4) is 0 Å². The van der Waals surface area contributed by atoms with Crippen LogP contribution in [0.2, 0.25) is 0 Å². The van der Waals surface area contributed by atoms with Gasteiger partial charge in [-0.1, -0.05) is 21.1 Å². The zero-order valence-electron chi connectivity index (χ0n) is 3.60. The molecule has 0 aliphatic heterocycles. The number of hydrogen-bond donors (Lipinski definition) is 0. The molecule has 0 fully saturated rings. The van der Waals surface area contributed by atoms with E-state index in [1.54, 1.807) is 6.20 Å².